The molecule has 3 aromatic heterocycles. The quantitative estimate of drug-likeness (QED) is 0.375. The first-order valence-electron chi connectivity index (χ1n) is 12.0. The maximum Gasteiger partial charge on any atom is 0.274 e. The van der Waals surface area contributed by atoms with Gasteiger partial charge in [0.15, 0.2) is 11.5 Å². The minimum absolute atomic E-state index is 0.100. The van der Waals surface area contributed by atoms with Crippen LogP contribution in [0.5, 0.6) is 0 Å². The highest BCUT2D eigenvalue weighted by molar-refractivity contribution is 5.98. The first kappa shape index (κ1) is 21.9. The number of nitrogens with two attached hydrogens (primary N) is 1. The van der Waals surface area contributed by atoms with Crippen molar-refractivity contribution in [1.82, 2.24) is 25.3 Å². The maximum atomic E-state index is 13.5. The van der Waals surface area contributed by atoms with Crippen molar-refractivity contribution in [1.29, 1.82) is 0 Å². The average Bonchev–Trinajstić information content (AvgIpc) is 2.93. The van der Waals surface area contributed by atoms with E-state index in [-0.39, 0.29) is 23.5 Å². The predicted molar refractivity (Wildman–Crippen MR) is 140 cm³/mol. The number of nitrogens with one attached hydrogen (secondary N) is 1. The molecule has 1 amide bonds. The Kier molecular flexibility index (Phi) is 5.58. The van der Waals surface area contributed by atoms with Gasteiger partial charge in [0.05, 0.1) is 22.9 Å². The van der Waals surface area contributed by atoms with E-state index in [2.05, 4.69) is 20.3 Å². The number of carbonyl (C=O) groups is 1. The average molecular weight is 473 g/mol. The molecule has 0 saturated heterocycles. The molecule has 3 N–H and O–H groups in total. The number of aryl methyl sites for hydroxylation is 1. The summed E-state index contributed by atoms with van der Waals surface area (Å²) in [4.78, 5) is 31.6. The minimum atomic E-state index is -0.335. The summed E-state index contributed by atoms with van der Waals surface area (Å²) in [6.07, 6.45) is 8.20. The maximum absolute atomic E-state index is 13.5. The Bertz CT molecular complexity index is 1580. The van der Waals surface area contributed by atoms with E-state index in [1.54, 1.807) is 12.4 Å². The van der Waals surface area contributed by atoms with E-state index < -0.39 is 0 Å². The molecule has 1 atom stereocenters. The molecular formula is C29H24N6O. The highest BCUT2D eigenvalue weighted by atomic mass is 16.2. The van der Waals surface area contributed by atoms with E-state index in [0.717, 1.165) is 52.4 Å². The van der Waals surface area contributed by atoms with E-state index in [9.17, 15) is 4.79 Å². The number of aromatic nitrogens is 4. The number of fused-ring (bicyclic) bond motifs is 2. The molecule has 2 aromatic carbocycles. The van der Waals surface area contributed by atoms with Crippen LogP contribution in [0.1, 0.15) is 40.5 Å². The third-order valence-corrected chi connectivity index (χ3v) is 6.62. The number of amides is 1. The Morgan fingerprint density at radius 3 is 2.67 bits per heavy atom. The molecule has 0 saturated carbocycles. The standard InChI is InChI=1S/C29H24N6O/c30-28-27(29(36)33-24-10-4-8-21-17-31-15-13-22(21)24)34-26(25(35-28)18-6-2-1-3-7-18)20-11-12-23-19(16-20)9-5-14-32-23/h1-3,5-7,9,11-17,24H,4,8,10H2,(H2,30,35)(H,33,36). The lowest BCUT2D eigenvalue weighted by Crippen LogP contribution is -2.32. The van der Waals surface area contributed by atoms with Crippen molar-refractivity contribution >= 4 is 22.6 Å². The number of rotatable bonds is 4. The molecule has 0 radical (unpaired) electrons. The van der Waals surface area contributed by atoms with Gasteiger partial charge in [-0.1, -0.05) is 42.5 Å². The second-order valence-corrected chi connectivity index (χ2v) is 8.92. The highest BCUT2D eigenvalue weighted by Gasteiger charge is 2.25. The van der Waals surface area contributed by atoms with Gasteiger partial charge < -0.3 is 11.1 Å². The van der Waals surface area contributed by atoms with Crippen molar-refractivity contribution in [3.63, 3.8) is 0 Å². The lowest BCUT2D eigenvalue weighted by molar-refractivity contribution is 0.0928. The van der Waals surface area contributed by atoms with E-state index in [4.69, 9.17) is 10.7 Å². The van der Waals surface area contributed by atoms with Crippen LogP contribution in [0, 0.1) is 0 Å². The number of hydrogen-bond acceptors (Lipinski definition) is 6. The largest absolute Gasteiger partial charge is 0.382 e. The molecule has 3 heterocycles. The summed E-state index contributed by atoms with van der Waals surface area (Å²) in [5, 5.41) is 4.12. The second-order valence-electron chi connectivity index (χ2n) is 8.92. The number of carbonyl (C=O) groups excluding carboxylic acids is 1. The molecule has 176 valence electrons. The molecule has 0 aliphatic heterocycles. The van der Waals surface area contributed by atoms with Gasteiger partial charge in [-0.2, -0.15) is 0 Å². The summed E-state index contributed by atoms with van der Waals surface area (Å²) in [5.74, 6) is -0.235. The predicted octanol–water partition coefficient (Wildman–Crippen LogP) is 5.14. The van der Waals surface area contributed by atoms with Gasteiger partial charge >= 0.3 is 0 Å². The van der Waals surface area contributed by atoms with Crippen LogP contribution in [-0.2, 0) is 6.42 Å². The molecule has 1 aliphatic rings. The Morgan fingerprint density at radius 2 is 1.78 bits per heavy atom. The third kappa shape index (κ3) is 4.05. The fourth-order valence-corrected chi connectivity index (χ4v) is 4.85. The number of anilines is 1. The molecule has 36 heavy (non-hydrogen) atoms. The van der Waals surface area contributed by atoms with Crippen LogP contribution in [-0.4, -0.2) is 25.8 Å². The van der Waals surface area contributed by atoms with Gasteiger partial charge in [-0.15, -0.1) is 0 Å². The summed E-state index contributed by atoms with van der Waals surface area (Å²) in [7, 11) is 0. The SMILES string of the molecule is Nc1nc(-c2ccccc2)c(-c2ccc3ncccc3c2)nc1C(=O)NC1CCCc2cnccc21. The molecule has 0 fully saturated rings. The van der Waals surface area contributed by atoms with Crippen molar-refractivity contribution in [3.8, 4) is 22.5 Å². The van der Waals surface area contributed by atoms with Gasteiger partial charge in [0, 0.05) is 35.1 Å². The first-order chi connectivity index (χ1) is 17.7. The van der Waals surface area contributed by atoms with E-state index >= 15 is 0 Å². The van der Waals surface area contributed by atoms with Crippen molar-refractivity contribution < 1.29 is 4.79 Å². The van der Waals surface area contributed by atoms with Gasteiger partial charge in [-0.25, -0.2) is 9.97 Å². The molecule has 1 aliphatic carbocycles. The number of benzene rings is 2. The van der Waals surface area contributed by atoms with Gasteiger partial charge in [0.1, 0.15) is 0 Å². The normalized spacial score (nSPS) is 14.8. The zero-order valence-corrected chi connectivity index (χ0v) is 19.6. The van der Waals surface area contributed by atoms with Crippen LogP contribution in [0.15, 0.2) is 85.3 Å². The van der Waals surface area contributed by atoms with Crippen molar-refractivity contribution in [2.45, 2.75) is 25.3 Å². The van der Waals surface area contributed by atoms with Crippen molar-refractivity contribution in [2.75, 3.05) is 5.73 Å². The Morgan fingerprint density at radius 1 is 0.917 bits per heavy atom. The highest BCUT2D eigenvalue weighted by Crippen LogP contribution is 2.33. The van der Waals surface area contributed by atoms with Crippen LogP contribution in [0.2, 0.25) is 0 Å². The third-order valence-electron chi connectivity index (χ3n) is 6.62. The number of nitrogens with zero attached hydrogens (tertiary/aromatic N) is 4. The molecule has 0 bridgehead atoms. The van der Waals surface area contributed by atoms with Crippen LogP contribution >= 0.6 is 0 Å². The van der Waals surface area contributed by atoms with Gasteiger partial charge in [-0.05, 0) is 54.7 Å². The first-order valence-corrected chi connectivity index (χ1v) is 12.0. The van der Waals surface area contributed by atoms with E-state index in [1.165, 1.54) is 0 Å². The fourth-order valence-electron chi connectivity index (χ4n) is 4.85. The summed E-state index contributed by atoms with van der Waals surface area (Å²) in [5.41, 5.74) is 12.5. The number of nitrogen functional groups attached to an aromatic ring is 1. The zero-order valence-electron chi connectivity index (χ0n) is 19.6. The minimum Gasteiger partial charge on any atom is -0.382 e. The lowest BCUT2D eigenvalue weighted by Gasteiger charge is -2.26. The van der Waals surface area contributed by atoms with Gasteiger partial charge in [0.2, 0.25) is 0 Å². The Labute approximate surface area is 208 Å². The van der Waals surface area contributed by atoms with Gasteiger partial charge in [0.25, 0.3) is 5.91 Å². The lowest BCUT2D eigenvalue weighted by atomic mass is 9.89. The molecular weight excluding hydrogens is 448 g/mol. The molecule has 7 heteroatoms. The molecule has 5 aromatic rings. The van der Waals surface area contributed by atoms with E-state index in [1.807, 2.05) is 72.9 Å². The zero-order chi connectivity index (χ0) is 24.5. The van der Waals surface area contributed by atoms with Crippen molar-refractivity contribution in [3.05, 3.63) is 102 Å². The topological polar surface area (TPSA) is 107 Å². The summed E-state index contributed by atoms with van der Waals surface area (Å²) >= 11 is 0. The van der Waals surface area contributed by atoms with E-state index in [0.29, 0.717) is 11.4 Å². The molecule has 0 spiro atoms. The van der Waals surface area contributed by atoms with Crippen LogP contribution in [0.4, 0.5) is 5.82 Å². The van der Waals surface area contributed by atoms with Crippen molar-refractivity contribution in [2.24, 2.45) is 0 Å². The van der Waals surface area contributed by atoms with Crippen LogP contribution in [0.3, 0.4) is 0 Å². The Balaban J connectivity index is 1.44. The fraction of sp³-hybridized carbons (Fsp3) is 0.138. The summed E-state index contributed by atoms with van der Waals surface area (Å²) in [6, 6.07) is 21.4. The molecule has 6 rings (SSSR count). The monoisotopic (exact) mass is 472 g/mol. The summed E-state index contributed by atoms with van der Waals surface area (Å²) in [6.45, 7) is 0. The van der Waals surface area contributed by atoms with Gasteiger partial charge in [-0.3, -0.25) is 14.8 Å². The smallest absolute Gasteiger partial charge is 0.274 e. The molecule has 1 unspecified atom stereocenters. The molecule has 7 nitrogen and oxygen atoms in total. The van der Waals surface area contributed by atoms with Crippen LogP contribution < -0.4 is 11.1 Å². The summed E-state index contributed by atoms with van der Waals surface area (Å²) < 4.78 is 0. The number of hydrogen-bond donors (Lipinski definition) is 2. The number of pyridine rings is 2. The second kappa shape index (κ2) is 9.19. The van der Waals surface area contributed by atoms with Crippen LogP contribution in [0.25, 0.3) is 33.4 Å². The Hall–Kier alpha value is -4.65.